The number of phenols is 1. The number of rotatable bonds is 6. The van der Waals surface area contributed by atoms with E-state index >= 15 is 0 Å². The fraction of sp³-hybridized carbons (Fsp3) is 0.486. The van der Waals surface area contributed by atoms with E-state index < -0.39 is 68.1 Å². The molecule has 12 heteroatoms. The van der Waals surface area contributed by atoms with Crippen LogP contribution in [0.1, 0.15) is 94.8 Å². The number of fused-ring (bicyclic) bond motifs is 3. The van der Waals surface area contributed by atoms with E-state index in [2.05, 4.69) is 10.6 Å². The van der Waals surface area contributed by atoms with Crippen molar-refractivity contribution in [1.29, 1.82) is 0 Å². The molecule has 0 saturated heterocycles. The van der Waals surface area contributed by atoms with Crippen LogP contribution in [0.5, 0.6) is 5.75 Å². The van der Waals surface area contributed by atoms with Gasteiger partial charge in [-0.15, -0.1) is 0 Å². The number of nitro groups is 1. The summed E-state index contributed by atoms with van der Waals surface area (Å²) in [4.78, 5) is 80.2. The van der Waals surface area contributed by atoms with Crippen LogP contribution < -0.4 is 10.6 Å². The molecular formula is C37H43N3O9. The number of ketones is 4. The number of allylic oxidation sites excluding steroid dienone is 1. The van der Waals surface area contributed by atoms with Gasteiger partial charge in [0.05, 0.1) is 27.7 Å². The average Bonchev–Trinajstić information content (AvgIpc) is 2.96. The Morgan fingerprint density at radius 1 is 1.02 bits per heavy atom. The maximum absolute atomic E-state index is 14.7. The summed E-state index contributed by atoms with van der Waals surface area (Å²) < 4.78 is 0. The normalized spacial score (nSPS) is 27.9. The fourth-order valence-electron chi connectivity index (χ4n) is 9.37. The number of Topliss-reactive ketones (excluding diaryl/α,β-unsaturated/α-hetero) is 4. The average molecular weight is 674 g/mol. The standard InChI is InChI=1S/C37H43N3O9/c1-16(2)21-13-24(39-34(46)38-23-11-10-18(5)12-25(23)40(48)49)30(42)27-22(21)14-35(8)15-36(9)28(17(3)4)19(6)26(20(7)41)32(44)37(36,47)33(45)29(35)31(27)43/h10-13,16-17,28-29,42,47H,14-15H2,1-9H3,(H2,38,39,46)/t28-,29?,35+,36+,37-/m1/s1. The van der Waals surface area contributed by atoms with E-state index in [1.807, 2.05) is 27.7 Å². The van der Waals surface area contributed by atoms with Gasteiger partial charge in [-0.2, -0.15) is 0 Å². The molecule has 3 aliphatic rings. The molecule has 0 bridgehead atoms. The van der Waals surface area contributed by atoms with Gasteiger partial charge >= 0.3 is 6.03 Å². The summed E-state index contributed by atoms with van der Waals surface area (Å²) in [6.07, 6.45) is 0.256. The fourth-order valence-corrected chi connectivity index (χ4v) is 9.37. The number of aliphatic hydroxyl groups is 1. The van der Waals surface area contributed by atoms with Crippen molar-refractivity contribution in [3.05, 3.63) is 67.8 Å². The number of hydrogen-bond acceptors (Lipinski definition) is 9. The Kier molecular flexibility index (Phi) is 8.51. The van der Waals surface area contributed by atoms with Crippen LogP contribution in [0.2, 0.25) is 0 Å². The van der Waals surface area contributed by atoms with Crippen LogP contribution in [-0.2, 0) is 20.8 Å². The van der Waals surface area contributed by atoms with E-state index in [0.29, 0.717) is 22.3 Å². The molecule has 0 aliphatic heterocycles. The summed E-state index contributed by atoms with van der Waals surface area (Å²) in [5, 5.41) is 40.4. The summed E-state index contributed by atoms with van der Waals surface area (Å²) in [6, 6.07) is 4.89. The number of carbonyl (C=O) groups is 5. The third-order valence-corrected chi connectivity index (χ3v) is 11.0. The molecule has 3 aliphatic carbocycles. The molecule has 1 unspecified atom stereocenters. The Bertz CT molecular complexity index is 1910. The Hall–Kier alpha value is -4.71. The molecular weight excluding hydrogens is 630 g/mol. The van der Waals surface area contributed by atoms with Crippen molar-refractivity contribution >= 4 is 46.2 Å². The smallest absolute Gasteiger partial charge is 0.323 e. The van der Waals surface area contributed by atoms with Gasteiger partial charge in [0.15, 0.2) is 23.0 Å². The predicted molar refractivity (Wildman–Crippen MR) is 182 cm³/mol. The van der Waals surface area contributed by atoms with Crippen molar-refractivity contribution in [3.63, 3.8) is 0 Å². The Morgan fingerprint density at radius 3 is 2.18 bits per heavy atom. The van der Waals surface area contributed by atoms with Crippen molar-refractivity contribution < 1.29 is 39.1 Å². The van der Waals surface area contributed by atoms with Crippen molar-refractivity contribution in [1.82, 2.24) is 0 Å². The second-order valence-electron chi connectivity index (χ2n) is 15.2. The highest BCUT2D eigenvalue weighted by Gasteiger charge is 2.73. The number of carbonyl (C=O) groups excluding carboxylic acids is 5. The van der Waals surface area contributed by atoms with Gasteiger partial charge in [-0.3, -0.25) is 29.3 Å². The summed E-state index contributed by atoms with van der Waals surface area (Å²) in [7, 11) is 0. The van der Waals surface area contributed by atoms with Gasteiger partial charge < -0.3 is 20.8 Å². The van der Waals surface area contributed by atoms with Crippen LogP contribution >= 0.6 is 0 Å². The molecule has 0 spiro atoms. The largest absolute Gasteiger partial charge is 0.505 e. The number of nitro benzene ring substituents is 1. The lowest BCUT2D eigenvalue weighted by molar-refractivity contribution is -0.384. The quantitative estimate of drug-likeness (QED) is 0.0907. The number of urea groups is 1. The molecule has 12 nitrogen and oxygen atoms in total. The first-order valence-electron chi connectivity index (χ1n) is 16.4. The Balaban J connectivity index is 1.63. The summed E-state index contributed by atoms with van der Waals surface area (Å²) in [5.41, 5.74) is -3.85. The molecule has 4 N–H and O–H groups in total. The summed E-state index contributed by atoms with van der Waals surface area (Å²) in [5.74, 6) is -6.44. The molecule has 2 amide bonds. The maximum Gasteiger partial charge on any atom is 0.323 e. The first kappa shape index (κ1) is 35.6. The van der Waals surface area contributed by atoms with E-state index in [4.69, 9.17) is 0 Å². The molecule has 5 rings (SSSR count). The lowest BCUT2D eigenvalue weighted by Crippen LogP contribution is -2.73. The van der Waals surface area contributed by atoms with Gasteiger partial charge in [0.2, 0.25) is 5.78 Å². The topological polar surface area (TPSA) is 193 Å². The Morgan fingerprint density at radius 2 is 1.63 bits per heavy atom. The molecule has 0 heterocycles. The molecule has 260 valence electrons. The van der Waals surface area contributed by atoms with Crippen molar-refractivity contribution in [2.75, 3.05) is 10.6 Å². The molecule has 2 aromatic rings. The monoisotopic (exact) mass is 673 g/mol. The zero-order valence-electron chi connectivity index (χ0n) is 29.2. The number of aryl methyl sites for hydroxylation is 1. The molecule has 2 aromatic carbocycles. The summed E-state index contributed by atoms with van der Waals surface area (Å²) >= 11 is 0. The van der Waals surface area contributed by atoms with Gasteiger partial charge in [0, 0.05) is 11.5 Å². The molecule has 1 saturated carbocycles. The number of anilines is 2. The molecule has 0 radical (unpaired) electrons. The highest BCUT2D eigenvalue weighted by Crippen LogP contribution is 2.65. The molecule has 49 heavy (non-hydrogen) atoms. The predicted octanol–water partition coefficient (Wildman–Crippen LogP) is 6.21. The van der Waals surface area contributed by atoms with Crippen molar-refractivity contribution in [3.8, 4) is 5.75 Å². The van der Waals surface area contributed by atoms with Crippen LogP contribution in [-0.4, -0.2) is 49.9 Å². The minimum Gasteiger partial charge on any atom is -0.505 e. The van der Waals surface area contributed by atoms with Crippen LogP contribution in [0.3, 0.4) is 0 Å². The third-order valence-electron chi connectivity index (χ3n) is 11.0. The van der Waals surface area contributed by atoms with Gasteiger partial charge in [-0.05, 0) is 85.6 Å². The first-order chi connectivity index (χ1) is 22.6. The zero-order valence-corrected chi connectivity index (χ0v) is 29.2. The van der Waals surface area contributed by atoms with E-state index in [-0.39, 0.29) is 52.9 Å². The number of phenolic OH excluding ortho intramolecular Hbond substituents is 1. The van der Waals surface area contributed by atoms with Gasteiger partial charge in [-0.25, -0.2) is 4.79 Å². The van der Waals surface area contributed by atoms with E-state index in [1.165, 1.54) is 19.1 Å². The van der Waals surface area contributed by atoms with Gasteiger partial charge in [-0.1, -0.05) is 53.2 Å². The lowest BCUT2D eigenvalue weighted by atomic mass is 9.40. The first-order valence-corrected chi connectivity index (χ1v) is 16.4. The van der Waals surface area contributed by atoms with E-state index in [9.17, 15) is 44.3 Å². The van der Waals surface area contributed by atoms with Crippen LogP contribution in [0.4, 0.5) is 21.9 Å². The number of nitrogens with one attached hydrogen (secondary N) is 2. The van der Waals surface area contributed by atoms with Crippen molar-refractivity contribution in [2.24, 2.45) is 28.6 Å². The number of nitrogens with zero attached hydrogens (tertiary/aromatic N) is 1. The molecule has 0 aromatic heterocycles. The highest BCUT2D eigenvalue weighted by atomic mass is 16.6. The SMILES string of the molecule is CC(=O)C1=C(C)[C@@H](C(C)C)[C@]2(C)C[C@]3(C)Cc4c(C(C)C)cc(NC(=O)Nc5ccc(C)cc5[N+](=O)[O-])c(O)c4C(=O)C3C(=O)[C@]2(O)C1=O. The van der Waals surface area contributed by atoms with Gasteiger partial charge in [0.1, 0.15) is 11.4 Å². The lowest BCUT2D eigenvalue weighted by Gasteiger charge is -2.62. The van der Waals surface area contributed by atoms with E-state index in [0.717, 1.165) is 0 Å². The minimum atomic E-state index is -2.67. The zero-order chi connectivity index (χ0) is 36.7. The third kappa shape index (κ3) is 5.10. The second-order valence-corrected chi connectivity index (χ2v) is 15.2. The number of amides is 2. The van der Waals surface area contributed by atoms with Crippen LogP contribution in [0, 0.1) is 45.6 Å². The summed E-state index contributed by atoms with van der Waals surface area (Å²) in [6.45, 7) is 15.6. The maximum atomic E-state index is 14.7. The second kappa shape index (κ2) is 11.7. The number of benzene rings is 2. The minimum absolute atomic E-state index is 0.0864. The van der Waals surface area contributed by atoms with Gasteiger partial charge in [0.25, 0.3) is 5.69 Å². The number of aromatic hydroxyl groups is 1. The van der Waals surface area contributed by atoms with Crippen LogP contribution in [0.25, 0.3) is 0 Å². The molecule has 5 atom stereocenters. The Labute approximate surface area is 284 Å². The van der Waals surface area contributed by atoms with Crippen LogP contribution in [0.15, 0.2) is 35.4 Å². The van der Waals surface area contributed by atoms with E-state index in [1.54, 1.807) is 39.8 Å². The molecule has 1 fully saturated rings. The highest BCUT2D eigenvalue weighted by molar-refractivity contribution is 6.33. The van der Waals surface area contributed by atoms with Crippen molar-refractivity contribution in [2.45, 2.75) is 86.7 Å². The number of hydrogen-bond donors (Lipinski definition) is 4.